The van der Waals surface area contributed by atoms with E-state index in [9.17, 15) is 9.59 Å². The predicted octanol–water partition coefficient (Wildman–Crippen LogP) is 6.09. The zero-order valence-corrected chi connectivity index (χ0v) is 15.1. The summed E-state index contributed by atoms with van der Waals surface area (Å²) in [6.07, 6.45) is 17.3. The van der Waals surface area contributed by atoms with Crippen LogP contribution in [-0.4, -0.2) is 17.0 Å². The van der Waals surface area contributed by atoms with Crippen LogP contribution in [0, 0.1) is 0 Å². The molecule has 3 nitrogen and oxygen atoms in total. The van der Waals surface area contributed by atoms with Crippen LogP contribution in [0.5, 0.6) is 0 Å². The molecule has 0 rings (SSSR count). The maximum absolute atomic E-state index is 11.0. The van der Waals surface area contributed by atoms with Gasteiger partial charge in [-0.25, -0.2) is 4.79 Å². The fourth-order valence-corrected chi connectivity index (χ4v) is 2.84. The molecule has 0 aromatic heterocycles. The number of unbranched alkanes of at least 4 members (excludes halogenated alkanes) is 11. The van der Waals surface area contributed by atoms with Crippen molar-refractivity contribution in [3.8, 4) is 0 Å². The van der Waals surface area contributed by atoms with Crippen LogP contribution in [0.1, 0.15) is 110 Å². The van der Waals surface area contributed by atoms with E-state index in [1.54, 1.807) is 0 Å². The third-order valence-electron chi connectivity index (χ3n) is 4.35. The van der Waals surface area contributed by atoms with Gasteiger partial charge < -0.3 is 5.11 Å². The first kappa shape index (κ1) is 21.9. The van der Waals surface area contributed by atoms with E-state index < -0.39 is 5.97 Å². The number of carbonyl (C=O) groups is 1. The topological polar surface area (TPSA) is 54.4 Å². The molecule has 0 amide bonds. The molecule has 0 radical (unpaired) electrons. The van der Waals surface area contributed by atoms with Gasteiger partial charge in [0.1, 0.15) is 5.94 Å². The van der Waals surface area contributed by atoms with Gasteiger partial charge in [0.15, 0.2) is 0 Å². The van der Waals surface area contributed by atoms with Gasteiger partial charge in [-0.05, 0) is 32.1 Å². The minimum absolute atomic E-state index is 0.288. The summed E-state index contributed by atoms with van der Waals surface area (Å²) < 4.78 is 0. The van der Waals surface area contributed by atoms with Crippen molar-refractivity contribution in [3.63, 3.8) is 0 Å². The molecule has 3 heteroatoms. The van der Waals surface area contributed by atoms with Crippen LogP contribution in [0.2, 0.25) is 0 Å². The highest BCUT2D eigenvalue weighted by Gasteiger charge is 2.01. The molecule has 0 unspecified atom stereocenters. The number of carbonyl (C=O) groups excluding carboxylic acids is 1. The first-order valence-corrected chi connectivity index (χ1v) is 9.65. The van der Waals surface area contributed by atoms with E-state index in [0.717, 1.165) is 63.4 Å². The molecule has 0 aromatic rings. The van der Waals surface area contributed by atoms with Crippen LogP contribution in [0.4, 0.5) is 0 Å². The van der Waals surface area contributed by atoms with E-state index in [1.165, 1.54) is 38.5 Å². The van der Waals surface area contributed by atoms with Gasteiger partial charge >= 0.3 is 5.97 Å². The average molecular weight is 325 g/mol. The summed E-state index contributed by atoms with van der Waals surface area (Å²) in [5, 5.41) is 8.55. The summed E-state index contributed by atoms with van der Waals surface area (Å²) in [7, 11) is 0. The maximum atomic E-state index is 11.0. The van der Waals surface area contributed by atoms with Crippen molar-refractivity contribution in [2.45, 2.75) is 110 Å². The molecule has 0 saturated heterocycles. The van der Waals surface area contributed by atoms with Gasteiger partial charge in [-0.1, -0.05) is 71.1 Å². The van der Waals surface area contributed by atoms with Crippen LogP contribution in [0.25, 0.3) is 0 Å². The fraction of sp³-hybridized carbons (Fsp3) is 0.850. The predicted molar refractivity (Wildman–Crippen MR) is 96.4 cm³/mol. The smallest absolute Gasteiger partial charge is 0.303 e. The largest absolute Gasteiger partial charge is 0.481 e. The quantitative estimate of drug-likeness (QED) is 0.260. The third kappa shape index (κ3) is 17.1. The monoisotopic (exact) mass is 324 g/mol. The number of allylic oxidation sites excluding steroid dienone is 1. The Morgan fingerprint density at radius 1 is 0.696 bits per heavy atom. The second-order valence-corrected chi connectivity index (χ2v) is 6.59. The normalized spacial score (nSPS) is 10.5. The lowest BCUT2D eigenvalue weighted by Crippen LogP contribution is -1.93. The molecule has 0 aliphatic rings. The number of hydrogen-bond donors (Lipinski definition) is 1. The second kappa shape index (κ2) is 17.3. The first-order valence-electron chi connectivity index (χ1n) is 9.65. The molecule has 0 bridgehead atoms. The summed E-state index contributed by atoms with van der Waals surface area (Å²) in [6.45, 7) is 2.23. The van der Waals surface area contributed by atoms with Crippen LogP contribution >= 0.6 is 0 Å². The van der Waals surface area contributed by atoms with E-state index >= 15 is 0 Å². The van der Waals surface area contributed by atoms with Gasteiger partial charge in [0.05, 0.1) is 0 Å². The van der Waals surface area contributed by atoms with Gasteiger partial charge in [-0.3, -0.25) is 4.79 Å². The highest BCUT2D eigenvalue weighted by Crippen LogP contribution is 2.16. The van der Waals surface area contributed by atoms with Gasteiger partial charge in [-0.15, -0.1) is 0 Å². The van der Waals surface area contributed by atoms with Gasteiger partial charge in [0.25, 0.3) is 0 Å². The Hall–Kier alpha value is -1.08. The van der Waals surface area contributed by atoms with E-state index in [-0.39, 0.29) is 6.42 Å². The number of aliphatic carboxylic acids is 1. The molecule has 0 aromatic carbocycles. The Balaban J connectivity index is 3.39. The highest BCUT2D eigenvalue weighted by atomic mass is 16.4. The zero-order chi connectivity index (χ0) is 17.2. The highest BCUT2D eigenvalue weighted by molar-refractivity contribution is 5.66. The van der Waals surface area contributed by atoms with Crippen molar-refractivity contribution in [2.24, 2.45) is 0 Å². The number of rotatable bonds is 17. The van der Waals surface area contributed by atoms with Gasteiger partial charge in [-0.2, -0.15) is 0 Å². The summed E-state index contributed by atoms with van der Waals surface area (Å²) >= 11 is 0. The van der Waals surface area contributed by atoms with Crippen LogP contribution in [-0.2, 0) is 9.59 Å². The van der Waals surface area contributed by atoms with Crippen molar-refractivity contribution < 1.29 is 14.7 Å². The lowest BCUT2D eigenvalue weighted by molar-refractivity contribution is -0.137. The third-order valence-corrected chi connectivity index (χ3v) is 4.35. The minimum atomic E-state index is -0.698. The second-order valence-electron chi connectivity index (χ2n) is 6.59. The molecule has 0 fully saturated rings. The molecule has 0 heterocycles. The number of carboxylic acid groups (broad SMARTS) is 1. The molecular weight excluding hydrogens is 288 g/mol. The van der Waals surface area contributed by atoms with Crippen LogP contribution < -0.4 is 0 Å². The molecule has 0 atom stereocenters. The van der Waals surface area contributed by atoms with E-state index in [1.807, 2.05) is 0 Å². The number of hydrogen-bond acceptors (Lipinski definition) is 2. The van der Waals surface area contributed by atoms with Crippen molar-refractivity contribution in [2.75, 3.05) is 0 Å². The lowest BCUT2D eigenvalue weighted by Gasteiger charge is -2.04. The lowest BCUT2D eigenvalue weighted by atomic mass is 10.0. The van der Waals surface area contributed by atoms with Gasteiger partial charge in [0.2, 0.25) is 0 Å². The first-order chi connectivity index (χ1) is 11.2. The summed E-state index contributed by atoms with van der Waals surface area (Å²) in [5.41, 5.74) is 0.962. The fourth-order valence-electron chi connectivity index (χ4n) is 2.84. The Kier molecular flexibility index (Phi) is 16.5. The minimum Gasteiger partial charge on any atom is -0.481 e. The number of carboxylic acids is 1. The molecule has 0 saturated carbocycles. The maximum Gasteiger partial charge on any atom is 0.303 e. The Morgan fingerprint density at radius 2 is 1.09 bits per heavy atom. The molecular formula is C20H36O3. The summed E-state index contributed by atoms with van der Waals surface area (Å²) in [5.74, 6) is 1.44. The molecule has 23 heavy (non-hydrogen) atoms. The van der Waals surface area contributed by atoms with Gasteiger partial charge in [0, 0.05) is 12.0 Å². The molecule has 0 aliphatic carbocycles. The zero-order valence-electron chi connectivity index (χ0n) is 15.1. The molecule has 134 valence electrons. The Morgan fingerprint density at radius 3 is 1.48 bits per heavy atom. The van der Waals surface area contributed by atoms with E-state index in [0.29, 0.717) is 0 Å². The molecule has 0 aliphatic heterocycles. The Labute approximate surface area is 142 Å². The van der Waals surface area contributed by atoms with Crippen molar-refractivity contribution >= 4 is 11.9 Å². The van der Waals surface area contributed by atoms with Crippen molar-refractivity contribution in [3.05, 3.63) is 5.57 Å². The van der Waals surface area contributed by atoms with E-state index in [4.69, 9.17) is 5.11 Å². The summed E-state index contributed by atoms with van der Waals surface area (Å²) in [4.78, 5) is 21.3. The standard InChI is InChI=1S/C20H36O3/c1-2-3-4-5-6-9-12-15-19(18-21)16-13-10-7-8-11-14-17-20(22)23/h2-17H2,1H3,(H,22,23). The average Bonchev–Trinajstić information content (AvgIpc) is 2.54. The van der Waals surface area contributed by atoms with E-state index in [2.05, 4.69) is 12.9 Å². The van der Waals surface area contributed by atoms with Crippen molar-refractivity contribution in [1.29, 1.82) is 0 Å². The summed E-state index contributed by atoms with van der Waals surface area (Å²) in [6, 6.07) is 0. The molecule has 0 spiro atoms. The van der Waals surface area contributed by atoms with Crippen LogP contribution in [0.3, 0.4) is 0 Å². The van der Waals surface area contributed by atoms with Crippen LogP contribution in [0.15, 0.2) is 5.57 Å². The molecule has 1 N–H and O–H groups in total. The Bertz CT molecular complexity index is 330. The SMILES string of the molecule is CCCCCCCCCC(=C=O)CCCCCCCCC(=O)O. The van der Waals surface area contributed by atoms with Crippen molar-refractivity contribution in [1.82, 2.24) is 0 Å².